The molecule has 0 bridgehead atoms. The number of amides is 1. The van der Waals surface area contributed by atoms with Gasteiger partial charge in [0.2, 0.25) is 5.91 Å². The minimum atomic E-state index is -0.529. The Bertz CT molecular complexity index is 464. The number of halogens is 1. The van der Waals surface area contributed by atoms with Crippen molar-refractivity contribution in [2.75, 3.05) is 26.7 Å². The van der Waals surface area contributed by atoms with Crippen LogP contribution in [0, 0.1) is 11.7 Å². The number of primary amides is 1. The number of nitrogens with two attached hydrogens (primary N) is 1. The second-order valence-corrected chi connectivity index (χ2v) is 5.22. The molecule has 1 unspecified atom stereocenters. The van der Waals surface area contributed by atoms with Crippen LogP contribution in [0.5, 0.6) is 0 Å². The van der Waals surface area contributed by atoms with E-state index >= 15 is 0 Å². The zero-order valence-electron chi connectivity index (χ0n) is 11.2. The molecule has 0 aliphatic carbocycles. The van der Waals surface area contributed by atoms with Crippen molar-refractivity contribution in [2.24, 2.45) is 11.7 Å². The molecule has 104 valence electrons. The summed E-state index contributed by atoms with van der Waals surface area (Å²) in [6.07, 6.45) is 1.17. The minimum absolute atomic E-state index is 0.305. The lowest BCUT2D eigenvalue weighted by Crippen LogP contribution is -2.25. The molecule has 1 atom stereocenters. The van der Waals surface area contributed by atoms with Gasteiger partial charge in [-0.1, -0.05) is 0 Å². The highest BCUT2D eigenvalue weighted by atomic mass is 19.1. The molecule has 2 rings (SSSR count). The maximum Gasteiger partial charge on any atom is 0.248 e. The number of carbonyl (C=O) groups is 1. The average molecular weight is 265 g/mol. The van der Waals surface area contributed by atoms with E-state index in [1.54, 1.807) is 0 Å². The molecule has 1 amide bonds. The topological polar surface area (TPSA) is 58.4 Å². The molecule has 0 aromatic heterocycles. The molecule has 1 aromatic rings. The van der Waals surface area contributed by atoms with Gasteiger partial charge in [-0.15, -0.1) is 0 Å². The first-order valence-electron chi connectivity index (χ1n) is 6.53. The first-order valence-corrected chi connectivity index (χ1v) is 6.53. The van der Waals surface area contributed by atoms with Crippen molar-refractivity contribution in [3.63, 3.8) is 0 Å². The summed E-state index contributed by atoms with van der Waals surface area (Å²) in [5.41, 5.74) is 6.02. The van der Waals surface area contributed by atoms with Gasteiger partial charge in [-0.05, 0) is 50.7 Å². The highest BCUT2D eigenvalue weighted by Gasteiger charge is 2.18. The first kappa shape index (κ1) is 14.0. The maximum absolute atomic E-state index is 13.6. The van der Waals surface area contributed by atoms with Gasteiger partial charge in [0.1, 0.15) is 5.82 Å². The first-order chi connectivity index (χ1) is 9.06. The quantitative estimate of drug-likeness (QED) is 0.834. The van der Waals surface area contributed by atoms with Crippen LogP contribution in [0.15, 0.2) is 18.2 Å². The Labute approximate surface area is 112 Å². The third kappa shape index (κ3) is 3.75. The van der Waals surface area contributed by atoms with Gasteiger partial charge in [0.25, 0.3) is 0 Å². The highest BCUT2D eigenvalue weighted by molar-refractivity contribution is 5.92. The van der Waals surface area contributed by atoms with Crippen LogP contribution in [0.1, 0.15) is 22.3 Å². The van der Waals surface area contributed by atoms with E-state index in [-0.39, 0.29) is 5.82 Å². The van der Waals surface area contributed by atoms with E-state index in [0.29, 0.717) is 23.6 Å². The van der Waals surface area contributed by atoms with Crippen LogP contribution in [0.25, 0.3) is 0 Å². The standard InChI is InChI=1S/C14H20FN3O/c1-18-5-4-10(9-18)7-17-8-12-6-11(14(16)19)2-3-13(12)15/h2-3,6,10,17H,4-5,7-9H2,1H3,(H2,16,19). The Hall–Kier alpha value is -1.46. The van der Waals surface area contributed by atoms with Crippen LogP contribution >= 0.6 is 0 Å². The molecule has 1 aliphatic rings. The van der Waals surface area contributed by atoms with E-state index in [4.69, 9.17) is 5.73 Å². The number of likely N-dealkylation sites (tertiary alicyclic amines) is 1. The van der Waals surface area contributed by atoms with Crippen molar-refractivity contribution in [3.8, 4) is 0 Å². The van der Waals surface area contributed by atoms with Crippen LogP contribution in [-0.2, 0) is 6.54 Å². The normalized spacial score (nSPS) is 19.8. The molecular weight excluding hydrogens is 245 g/mol. The fourth-order valence-electron chi connectivity index (χ4n) is 2.47. The average Bonchev–Trinajstić information content (AvgIpc) is 2.77. The maximum atomic E-state index is 13.6. The third-order valence-electron chi connectivity index (χ3n) is 3.57. The molecular formula is C14H20FN3O. The van der Waals surface area contributed by atoms with Crippen molar-refractivity contribution in [1.29, 1.82) is 0 Å². The van der Waals surface area contributed by atoms with Gasteiger partial charge in [-0.25, -0.2) is 4.39 Å². The predicted molar refractivity (Wildman–Crippen MR) is 72.2 cm³/mol. The summed E-state index contributed by atoms with van der Waals surface area (Å²) in [7, 11) is 2.11. The van der Waals surface area contributed by atoms with E-state index in [0.717, 1.165) is 19.6 Å². The number of carbonyl (C=O) groups excluding carboxylic acids is 1. The predicted octanol–water partition coefficient (Wildman–Crippen LogP) is 0.966. The minimum Gasteiger partial charge on any atom is -0.366 e. The zero-order valence-corrected chi connectivity index (χ0v) is 11.2. The number of hydrogen-bond donors (Lipinski definition) is 2. The van der Waals surface area contributed by atoms with E-state index in [1.807, 2.05) is 0 Å². The molecule has 1 saturated heterocycles. The molecule has 1 aliphatic heterocycles. The lowest BCUT2D eigenvalue weighted by molar-refractivity contribution is 0.1000. The number of nitrogens with zero attached hydrogens (tertiary/aromatic N) is 1. The lowest BCUT2D eigenvalue weighted by Gasteiger charge is -2.12. The number of nitrogens with one attached hydrogen (secondary N) is 1. The monoisotopic (exact) mass is 265 g/mol. The Kier molecular flexibility index (Phi) is 4.50. The summed E-state index contributed by atoms with van der Waals surface area (Å²) in [6.45, 7) is 3.49. The molecule has 1 heterocycles. The highest BCUT2D eigenvalue weighted by Crippen LogP contribution is 2.14. The van der Waals surface area contributed by atoms with E-state index in [1.165, 1.54) is 24.6 Å². The van der Waals surface area contributed by atoms with Crippen LogP contribution < -0.4 is 11.1 Å². The summed E-state index contributed by atoms with van der Waals surface area (Å²) in [6, 6.07) is 4.22. The van der Waals surface area contributed by atoms with Gasteiger partial charge >= 0.3 is 0 Å². The van der Waals surface area contributed by atoms with E-state index in [2.05, 4.69) is 17.3 Å². The summed E-state index contributed by atoms with van der Waals surface area (Å²) < 4.78 is 13.6. The summed E-state index contributed by atoms with van der Waals surface area (Å²) in [5, 5.41) is 3.25. The van der Waals surface area contributed by atoms with Gasteiger partial charge in [-0.3, -0.25) is 4.79 Å². The van der Waals surface area contributed by atoms with Gasteiger partial charge in [-0.2, -0.15) is 0 Å². The molecule has 0 radical (unpaired) electrons. The zero-order chi connectivity index (χ0) is 13.8. The van der Waals surface area contributed by atoms with Gasteiger partial charge in [0.15, 0.2) is 0 Å². The van der Waals surface area contributed by atoms with Crippen molar-refractivity contribution < 1.29 is 9.18 Å². The molecule has 19 heavy (non-hydrogen) atoms. The van der Waals surface area contributed by atoms with E-state index in [9.17, 15) is 9.18 Å². The molecule has 1 aromatic carbocycles. The fourth-order valence-corrected chi connectivity index (χ4v) is 2.47. The van der Waals surface area contributed by atoms with Crippen LogP contribution in [-0.4, -0.2) is 37.5 Å². The SMILES string of the molecule is CN1CCC(CNCc2cc(C(N)=O)ccc2F)C1. The second-order valence-electron chi connectivity index (χ2n) is 5.22. The Balaban J connectivity index is 1.88. The molecule has 1 fully saturated rings. The summed E-state index contributed by atoms with van der Waals surface area (Å²) >= 11 is 0. The molecule has 5 heteroatoms. The van der Waals surface area contributed by atoms with Crippen LogP contribution in [0.4, 0.5) is 4.39 Å². The lowest BCUT2D eigenvalue weighted by atomic mass is 10.1. The second kappa shape index (κ2) is 6.12. The van der Waals surface area contributed by atoms with Gasteiger partial charge in [0, 0.05) is 24.2 Å². The van der Waals surface area contributed by atoms with Crippen LogP contribution in [0.3, 0.4) is 0 Å². The van der Waals surface area contributed by atoms with Crippen molar-refractivity contribution in [1.82, 2.24) is 10.2 Å². The van der Waals surface area contributed by atoms with Crippen molar-refractivity contribution >= 4 is 5.91 Å². The number of rotatable bonds is 5. The third-order valence-corrected chi connectivity index (χ3v) is 3.57. The van der Waals surface area contributed by atoms with Gasteiger partial charge < -0.3 is 16.0 Å². The Morgan fingerprint density at radius 3 is 3.00 bits per heavy atom. The molecule has 3 N–H and O–H groups in total. The van der Waals surface area contributed by atoms with Gasteiger partial charge in [0.05, 0.1) is 0 Å². The van der Waals surface area contributed by atoms with E-state index < -0.39 is 5.91 Å². The molecule has 4 nitrogen and oxygen atoms in total. The van der Waals surface area contributed by atoms with Crippen molar-refractivity contribution in [2.45, 2.75) is 13.0 Å². The van der Waals surface area contributed by atoms with Crippen molar-refractivity contribution in [3.05, 3.63) is 35.1 Å². The fraction of sp³-hybridized carbons (Fsp3) is 0.500. The largest absolute Gasteiger partial charge is 0.366 e. The summed E-state index contributed by atoms with van der Waals surface area (Å²) in [5.74, 6) is -0.216. The Morgan fingerprint density at radius 2 is 2.37 bits per heavy atom. The summed E-state index contributed by atoms with van der Waals surface area (Å²) in [4.78, 5) is 13.3. The number of benzene rings is 1. The Morgan fingerprint density at radius 1 is 1.58 bits per heavy atom. The molecule has 0 saturated carbocycles. The van der Waals surface area contributed by atoms with Crippen LogP contribution in [0.2, 0.25) is 0 Å². The molecule has 0 spiro atoms. The smallest absolute Gasteiger partial charge is 0.248 e. The number of hydrogen-bond acceptors (Lipinski definition) is 3.